The molecule has 2 aromatic carbocycles. The van der Waals surface area contributed by atoms with Crippen LogP contribution in [0.15, 0.2) is 46.9 Å². The molecule has 1 aliphatic rings. The molecule has 0 spiro atoms. The summed E-state index contributed by atoms with van der Waals surface area (Å²) in [6.45, 7) is 0. The summed E-state index contributed by atoms with van der Waals surface area (Å²) in [5, 5.41) is 0.745. The van der Waals surface area contributed by atoms with Gasteiger partial charge in [0.05, 0.1) is 0 Å². The molecule has 2 atom stereocenters. The number of hydrogen-bond acceptors (Lipinski definition) is 2. The second-order valence-corrected chi connectivity index (χ2v) is 6.54. The predicted molar refractivity (Wildman–Crippen MR) is 86.7 cm³/mol. The molecule has 20 heavy (non-hydrogen) atoms. The van der Waals surface area contributed by atoms with Crippen molar-refractivity contribution < 1.29 is 0 Å². The molecule has 0 heterocycles. The zero-order valence-electron chi connectivity index (χ0n) is 10.9. The first-order valence-electron chi connectivity index (χ1n) is 6.68. The van der Waals surface area contributed by atoms with E-state index in [4.69, 9.17) is 17.4 Å². The Morgan fingerprint density at radius 2 is 2.10 bits per heavy atom. The predicted octanol–water partition coefficient (Wildman–Crippen LogP) is 4.34. The molecule has 3 rings (SSSR count). The third-order valence-electron chi connectivity index (χ3n) is 4.02. The van der Waals surface area contributed by atoms with Crippen LogP contribution in [0.4, 0.5) is 0 Å². The first-order chi connectivity index (χ1) is 9.69. The summed E-state index contributed by atoms with van der Waals surface area (Å²) in [5.74, 6) is 6.30. The Morgan fingerprint density at radius 3 is 2.80 bits per heavy atom. The van der Waals surface area contributed by atoms with E-state index in [9.17, 15) is 0 Å². The van der Waals surface area contributed by atoms with E-state index in [0.29, 0.717) is 5.92 Å². The van der Waals surface area contributed by atoms with Gasteiger partial charge in [0.25, 0.3) is 0 Å². The van der Waals surface area contributed by atoms with E-state index in [1.54, 1.807) is 0 Å². The van der Waals surface area contributed by atoms with Crippen molar-refractivity contribution in [3.63, 3.8) is 0 Å². The number of benzene rings is 2. The third-order valence-corrected chi connectivity index (χ3v) is 4.84. The second-order valence-electron chi connectivity index (χ2n) is 5.22. The Morgan fingerprint density at radius 1 is 1.30 bits per heavy atom. The highest BCUT2D eigenvalue weighted by atomic mass is 79.9. The molecule has 0 amide bonds. The molecule has 0 radical (unpaired) electrons. The molecule has 0 saturated carbocycles. The van der Waals surface area contributed by atoms with Crippen molar-refractivity contribution in [1.29, 1.82) is 0 Å². The molecule has 104 valence electrons. The molecule has 0 bridgehead atoms. The highest BCUT2D eigenvalue weighted by Crippen LogP contribution is 2.41. The standard InChI is InChI=1S/C16H16BrClN2/c17-12-5-6-14(15(18)9-12)16(20-19)8-11-7-10-3-1-2-4-13(10)11/h1-6,9,11,16,20H,7-8,19H2. The number of nitrogens with one attached hydrogen (secondary N) is 1. The van der Waals surface area contributed by atoms with Gasteiger partial charge >= 0.3 is 0 Å². The molecule has 2 unspecified atom stereocenters. The van der Waals surface area contributed by atoms with Crippen molar-refractivity contribution in [2.45, 2.75) is 24.8 Å². The highest BCUT2D eigenvalue weighted by molar-refractivity contribution is 9.10. The smallest absolute Gasteiger partial charge is 0.0480 e. The van der Waals surface area contributed by atoms with Crippen molar-refractivity contribution in [2.75, 3.05) is 0 Å². The Kier molecular flexibility index (Phi) is 4.13. The monoisotopic (exact) mass is 350 g/mol. The van der Waals surface area contributed by atoms with E-state index in [-0.39, 0.29) is 6.04 Å². The number of nitrogens with two attached hydrogens (primary N) is 1. The van der Waals surface area contributed by atoms with Crippen molar-refractivity contribution in [3.05, 3.63) is 68.7 Å². The van der Waals surface area contributed by atoms with E-state index >= 15 is 0 Å². The number of halogens is 2. The van der Waals surface area contributed by atoms with Gasteiger partial charge in [-0.1, -0.05) is 57.9 Å². The maximum absolute atomic E-state index is 6.32. The minimum atomic E-state index is 0.0777. The highest BCUT2D eigenvalue weighted by Gasteiger charge is 2.28. The quantitative estimate of drug-likeness (QED) is 0.635. The molecular weight excluding hydrogens is 336 g/mol. The fourth-order valence-electron chi connectivity index (χ4n) is 2.93. The fourth-order valence-corrected chi connectivity index (χ4v) is 3.73. The van der Waals surface area contributed by atoms with Gasteiger partial charge in [0.15, 0.2) is 0 Å². The Labute approximate surface area is 132 Å². The average Bonchev–Trinajstić information content (AvgIpc) is 2.41. The molecule has 2 aromatic rings. The van der Waals surface area contributed by atoms with E-state index in [0.717, 1.165) is 27.9 Å². The third kappa shape index (κ3) is 2.63. The van der Waals surface area contributed by atoms with Crippen LogP contribution in [0.1, 0.15) is 35.1 Å². The van der Waals surface area contributed by atoms with Crippen molar-refractivity contribution in [2.24, 2.45) is 5.84 Å². The number of fused-ring (bicyclic) bond motifs is 1. The van der Waals surface area contributed by atoms with E-state index < -0.39 is 0 Å². The Balaban J connectivity index is 1.79. The molecule has 2 nitrogen and oxygen atoms in total. The summed E-state index contributed by atoms with van der Waals surface area (Å²) in [6, 6.07) is 14.6. The summed E-state index contributed by atoms with van der Waals surface area (Å²) < 4.78 is 0.982. The first kappa shape index (κ1) is 14.1. The van der Waals surface area contributed by atoms with Gasteiger partial charge in [0.2, 0.25) is 0 Å². The Hall–Kier alpha value is -0.870. The molecule has 0 saturated heterocycles. The zero-order valence-corrected chi connectivity index (χ0v) is 13.3. The molecular formula is C16H16BrClN2. The van der Waals surface area contributed by atoms with Gasteiger partial charge in [0, 0.05) is 15.5 Å². The van der Waals surface area contributed by atoms with Crippen LogP contribution in [0.3, 0.4) is 0 Å². The average molecular weight is 352 g/mol. The summed E-state index contributed by atoms with van der Waals surface area (Å²) >= 11 is 9.75. The van der Waals surface area contributed by atoms with Crippen molar-refractivity contribution >= 4 is 27.5 Å². The van der Waals surface area contributed by atoms with Gasteiger partial charge in [-0.05, 0) is 47.6 Å². The van der Waals surface area contributed by atoms with Crippen LogP contribution in [0.25, 0.3) is 0 Å². The maximum Gasteiger partial charge on any atom is 0.0480 e. The van der Waals surface area contributed by atoms with E-state index in [1.165, 1.54) is 11.1 Å². The van der Waals surface area contributed by atoms with Crippen LogP contribution in [0, 0.1) is 0 Å². The van der Waals surface area contributed by atoms with Crippen LogP contribution < -0.4 is 11.3 Å². The van der Waals surface area contributed by atoms with Crippen LogP contribution in [-0.2, 0) is 6.42 Å². The van der Waals surface area contributed by atoms with E-state index in [2.05, 4.69) is 45.6 Å². The molecule has 0 aliphatic heterocycles. The van der Waals surface area contributed by atoms with Gasteiger partial charge in [-0.2, -0.15) is 0 Å². The molecule has 0 aromatic heterocycles. The van der Waals surface area contributed by atoms with Gasteiger partial charge in [-0.3, -0.25) is 11.3 Å². The minimum absolute atomic E-state index is 0.0777. The maximum atomic E-state index is 6.32. The molecule has 3 N–H and O–H groups in total. The first-order valence-corrected chi connectivity index (χ1v) is 7.85. The largest absolute Gasteiger partial charge is 0.271 e. The molecule has 4 heteroatoms. The lowest BCUT2D eigenvalue weighted by molar-refractivity contribution is 0.435. The lowest BCUT2D eigenvalue weighted by atomic mass is 9.74. The Bertz CT molecular complexity index is 630. The van der Waals surface area contributed by atoms with Gasteiger partial charge in [-0.25, -0.2) is 0 Å². The number of hydrogen-bond donors (Lipinski definition) is 2. The van der Waals surface area contributed by atoms with Gasteiger partial charge in [0.1, 0.15) is 0 Å². The lowest BCUT2D eigenvalue weighted by Crippen LogP contribution is -2.31. The second kappa shape index (κ2) is 5.86. The molecule has 0 fully saturated rings. The topological polar surface area (TPSA) is 38.0 Å². The van der Waals surface area contributed by atoms with Gasteiger partial charge < -0.3 is 0 Å². The number of rotatable bonds is 4. The lowest BCUT2D eigenvalue weighted by Gasteiger charge is -2.33. The van der Waals surface area contributed by atoms with Crippen LogP contribution in [0.2, 0.25) is 5.02 Å². The fraction of sp³-hybridized carbons (Fsp3) is 0.250. The van der Waals surface area contributed by atoms with E-state index in [1.807, 2.05) is 18.2 Å². The number of hydrazine groups is 1. The van der Waals surface area contributed by atoms with Crippen molar-refractivity contribution in [1.82, 2.24) is 5.43 Å². The summed E-state index contributed by atoms with van der Waals surface area (Å²) in [6.07, 6.45) is 2.09. The van der Waals surface area contributed by atoms with Gasteiger partial charge in [-0.15, -0.1) is 0 Å². The SMILES string of the molecule is NNC(CC1Cc2ccccc21)c1ccc(Br)cc1Cl. The summed E-state index contributed by atoms with van der Waals surface area (Å²) in [7, 11) is 0. The normalized spacial score (nSPS) is 18.2. The van der Waals surface area contributed by atoms with Crippen LogP contribution >= 0.6 is 27.5 Å². The summed E-state index contributed by atoms with van der Waals surface area (Å²) in [5.41, 5.74) is 6.87. The summed E-state index contributed by atoms with van der Waals surface area (Å²) in [4.78, 5) is 0. The molecule has 1 aliphatic carbocycles. The zero-order chi connectivity index (χ0) is 14.1. The minimum Gasteiger partial charge on any atom is -0.271 e. The van der Waals surface area contributed by atoms with Crippen LogP contribution in [0.5, 0.6) is 0 Å². The van der Waals surface area contributed by atoms with Crippen molar-refractivity contribution in [3.8, 4) is 0 Å². The van der Waals surface area contributed by atoms with Crippen LogP contribution in [-0.4, -0.2) is 0 Å².